The van der Waals surface area contributed by atoms with Gasteiger partial charge in [-0.1, -0.05) is 11.6 Å². The fourth-order valence-electron chi connectivity index (χ4n) is 3.19. The molecule has 6 nitrogen and oxygen atoms in total. The number of halogens is 2. The molecular weight excluding hydrogens is 417 g/mol. The number of hydrogen-bond donors (Lipinski definition) is 3. The highest BCUT2D eigenvalue weighted by Crippen LogP contribution is 2.29. The minimum Gasteiger partial charge on any atom is -0.389 e. The van der Waals surface area contributed by atoms with Crippen molar-refractivity contribution in [3.05, 3.63) is 44.9 Å². The van der Waals surface area contributed by atoms with Crippen LogP contribution in [0.1, 0.15) is 34.5 Å². The number of benzene rings is 1. The molecule has 1 aromatic heterocycles. The molecule has 0 spiro atoms. The van der Waals surface area contributed by atoms with E-state index in [9.17, 15) is 19.1 Å². The van der Waals surface area contributed by atoms with Gasteiger partial charge in [0.05, 0.1) is 21.0 Å². The van der Waals surface area contributed by atoms with Gasteiger partial charge in [0.2, 0.25) is 5.91 Å². The van der Waals surface area contributed by atoms with Crippen LogP contribution in [0.4, 0.5) is 15.8 Å². The van der Waals surface area contributed by atoms with Crippen LogP contribution >= 0.6 is 22.9 Å². The summed E-state index contributed by atoms with van der Waals surface area (Å²) in [5.41, 5.74) is 1.60. The van der Waals surface area contributed by atoms with Gasteiger partial charge in [-0.25, -0.2) is 4.39 Å². The summed E-state index contributed by atoms with van der Waals surface area (Å²) in [6.45, 7) is 2.50. The van der Waals surface area contributed by atoms with Gasteiger partial charge in [-0.15, -0.1) is 11.3 Å². The predicted octanol–water partition coefficient (Wildman–Crippen LogP) is 3.57. The highest BCUT2D eigenvalue weighted by atomic mass is 35.5. The van der Waals surface area contributed by atoms with E-state index in [1.807, 2.05) is 6.92 Å². The third-order valence-electron chi connectivity index (χ3n) is 4.72. The van der Waals surface area contributed by atoms with Gasteiger partial charge in [-0.3, -0.25) is 9.59 Å². The molecule has 1 aliphatic heterocycles. The summed E-state index contributed by atoms with van der Waals surface area (Å²) in [6, 6.07) is 6.23. The lowest BCUT2D eigenvalue weighted by Gasteiger charge is -2.28. The maximum absolute atomic E-state index is 14.5. The third kappa shape index (κ3) is 5.46. The Hall–Kier alpha value is -2.16. The number of anilines is 2. The zero-order chi connectivity index (χ0) is 21.0. The van der Waals surface area contributed by atoms with Crippen LogP contribution in [0.3, 0.4) is 0 Å². The zero-order valence-corrected chi connectivity index (χ0v) is 17.6. The summed E-state index contributed by atoms with van der Waals surface area (Å²) in [5, 5.41) is 15.6. The molecule has 1 aliphatic rings. The number of thiophene rings is 1. The van der Waals surface area contributed by atoms with Crippen molar-refractivity contribution in [1.82, 2.24) is 5.32 Å². The number of nitrogens with zero attached hydrogens (tertiary/aromatic N) is 1. The molecule has 0 radical (unpaired) electrons. The Bertz CT molecular complexity index is 905. The molecule has 29 heavy (non-hydrogen) atoms. The van der Waals surface area contributed by atoms with Crippen LogP contribution in [0.2, 0.25) is 4.34 Å². The van der Waals surface area contributed by atoms with Crippen molar-refractivity contribution in [3.63, 3.8) is 0 Å². The fraction of sp³-hybridized carbons (Fsp3) is 0.400. The molecule has 2 heterocycles. The van der Waals surface area contributed by atoms with Crippen LogP contribution in [-0.2, 0) is 4.79 Å². The van der Waals surface area contributed by atoms with E-state index < -0.39 is 11.9 Å². The van der Waals surface area contributed by atoms with Crippen molar-refractivity contribution < 1.29 is 19.1 Å². The smallest absolute Gasteiger partial charge is 0.261 e. The third-order valence-corrected chi connectivity index (χ3v) is 5.95. The molecule has 2 amide bonds. The molecule has 3 N–H and O–H groups in total. The first-order chi connectivity index (χ1) is 13.8. The number of nitrogens with one attached hydrogen (secondary N) is 2. The minimum absolute atomic E-state index is 0.0117. The standard InChI is InChI=1S/C20H23ClFN3O3S/c1-12-8-15(14(22)9-16(12)25-7-3-2-4-19(25)27)23-10-13(26)11-24-20(28)17-5-6-18(21)29-17/h5-6,8-9,13,23,26H,2-4,7,10-11H2,1H3,(H,24,28)/t13-/m0/s1. The van der Waals surface area contributed by atoms with Gasteiger partial charge in [0.1, 0.15) is 5.82 Å². The first-order valence-electron chi connectivity index (χ1n) is 9.41. The molecule has 1 fully saturated rings. The van der Waals surface area contributed by atoms with E-state index in [4.69, 9.17) is 11.6 Å². The average Bonchev–Trinajstić information content (AvgIpc) is 3.13. The van der Waals surface area contributed by atoms with E-state index >= 15 is 0 Å². The normalized spacial score (nSPS) is 15.3. The zero-order valence-electron chi connectivity index (χ0n) is 16.0. The molecule has 156 valence electrons. The van der Waals surface area contributed by atoms with Crippen LogP contribution in [0, 0.1) is 12.7 Å². The second-order valence-electron chi connectivity index (χ2n) is 6.97. The summed E-state index contributed by atoms with van der Waals surface area (Å²) >= 11 is 6.96. The Labute approximate surface area is 177 Å². The Morgan fingerprint density at radius 3 is 2.83 bits per heavy atom. The van der Waals surface area contributed by atoms with Crippen LogP contribution < -0.4 is 15.5 Å². The molecule has 0 saturated carbocycles. The predicted molar refractivity (Wildman–Crippen MR) is 113 cm³/mol. The van der Waals surface area contributed by atoms with Gasteiger partial charge in [0, 0.05) is 37.8 Å². The number of rotatable bonds is 7. The second kappa shape index (κ2) is 9.56. The fourth-order valence-corrected chi connectivity index (χ4v) is 4.15. The molecular formula is C20H23ClFN3O3S. The maximum Gasteiger partial charge on any atom is 0.261 e. The lowest BCUT2D eigenvalue weighted by atomic mass is 10.1. The van der Waals surface area contributed by atoms with Gasteiger partial charge in [-0.2, -0.15) is 0 Å². The Kier molecular flexibility index (Phi) is 7.10. The number of aliphatic hydroxyl groups is 1. The summed E-state index contributed by atoms with van der Waals surface area (Å²) in [7, 11) is 0. The first-order valence-corrected chi connectivity index (χ1v) is 10.6. The Balaban J connectivity index is 1.55. The van der Waals surface area contributed by atoms with Crippen LogP contribution in [0.25, 0.3) is 0 Å². The number of carbonyl (C=O) groups is 2. The topological polar surface area (TPSA) is 81.7 Å². The molecule has 1 aromatic carbocycles. The molecule has 9 heteroatoms. The lowest BCUT2D eigenvalue weighted by Crippen LogP contribution is -2.36. The van der Waals surface area contributed by atoms with E-state index in [2.05, 4.69) is 10.6 Å². The van der Waals surface area contributed by atoms with E-state index in [0.29, 0.717) is 27.9 Å². The largest absolute Gasteiger partial charge is 0.389 e. The molecule has 2 aromatic rings. The average molecular weight is 440 g/mol. The van der Waals surface area contributed by atoms with Crippen LogP contribution in [0.5, 0.6) is 0 Å². The summed E-state index contributed by atoms with van der Waals surface area (Å²) in [5.74, 6) is -0.801. The molecule has 0 aliphatic carbocycles. The monoisotopic (exact) mass is 439 g/mol. The quantitative estimate of drug-likeness (QED) is 0.616. The Morgan fingerprint density at radius 2 is 2.14 bits per heavy atom. The highest BCUT2D eigenvalue weighted by Gasteiger charge is 2.22. The number of hydrogen-bond acceptors (Lipinski definition) is 5. The number of piperidine rings is 1. The number of amides is 2. The second-order valence-corrected chi connectivity index (χ2v) is 8.68. The number of aryl methyl sites for hydroxylation is 1. The summed E-state index contributed by atoms with van der Waals surface area (Å²) < 4.78 is 15.0. The lowest BCUT2D eigenvalue weighted by molar-refractivity contribution is -0.119. The highest BCUT2D eigenvalue weighted by molar-refractivity contribution is 7.17. The molecule has 0 bridgehead atoms. The molecule has 3 rings (SSSR count). The first kappa shape index (κ1) is 21.5. The van der Waals surface area contributed by atoms with Gasteiger partial charge in [0.25, 0.3) is 5.91 Å². The van der Waals surface area contributed by atoms with E-state index in [0.717, 1.165) is 29.7 Å². The summed E-state index contributed by atoms with van der Waals surface area (Å²) in [6.07, 6.45) is 1.35. The van der Waals surface area contributed by atoms with Crippen molar-refractivity contribution >= 4 is 46.1 Å². The van der Waals surface area contributed by atoms with Gasteiger partial charge in [0.15, 0.2) is 0 Å². The minimum atomic E-state index is -0.905. The Morgan fingerprint density at radius 1 is 1.34 bits per heavy atom. The van der Waals surface area contributed by atoms with E-state index in [1.54, 1.807) is 23.1 Å². The molecule has 1 saturated heterocycles. The van der Waals surface area contributed by atoms with Crippen molar-refractivity contribution in [3.8, 4) is 0 Å². The number of carbonyl (C=O) groups excluding carboxylic acids is 2. The molecule has 0 unspecified atom stereocenters. The van der Waals surface area contributed by atoms with Crippen molar-refractivity contribution in [2.24, 2.45) is 0 Å². The van der Waals surface area contributed by atoms with Gasteiger partial charge >= 0.3 is 0 Å². The van der Waals surface area contributed by atoms with Crippen molar-refractivity contribution in [2.75, 3.05) is 29.9 Å². The SMILES string of the molecule is Cc1cc(NC[C@H](O)CNC(=O)c2ccc(Cl)s2)c(F)cc1N1CCCCC1=O. The van der Waals surface area contributed by atoms with Gasteiger partial charge < -0.3 is 20.6 Å². The van der Waals surface area contributed by atoms with E-state index in [1.165, 1.54) is 6.07 Å². The molecule has 1 atom stereocenters. The summed E-state index contributed by atoms with van der Waals surface area (Å²) in [4.78, 5) is 26.2. The maximum atomic E-state index is 14.5. The van der Waals surface area contributed by atoms with E-state index in [-0.39, 0.29) is 30.6 Å². The number of aliphatic hydroxyl groups excluding tert-OH is 1. The van der Waals surface area contributed by atoms with Crippen LogP contribution in [0.15, 0.2) is 24.3 Å². The van der Waals surface area contributed by atoms with Gasteiger partial charge in [-0.05, 0) is 43.5 Å². The van der Waals surface area contributed by atoms with Crippen LogP contribution in [-0.4, -0.2) is 42.7 Å². The van der Waals surface area contributed by atoms with Crippen molar-refractivity contribution in [2.45, 2.75) is 32.3 Å². The van der Waals surface area contributed by atoms with Crippen molar-refractivity contribution in [1.29, 1.82) is 0 Å².